The number of anilines is 1. The summed E-state index contributed by atoms with van der Waals surface area (Å²) < 4.78 is 37.5. The second-order valence-electron chi connectivity index (χ2n) is 6.65. The van der Waals surface area contributed by atoms with Gasteiger partial charge in [-0.1, -0.05) is 26.0 Å². The topological polar surface area (TPSA) is 128 Å². The van der Waals surface area contributed by atoms with Crippen molar-refractivity contribution in [3.05, 3.63) is 52.6 Å². The van der Waals surface area contributed by atoms with Crippen molar-refractivity contribution in [2.45, 2.75) is 38.7 Å². The molecule has 0 aliphatic rings. The second-order valence-corrected chi connectivity index (χ2v) is 8.59. The Hall–Kier alpha value is -3.18. The van der Waals surface area contributed by atoms with Gasteiger partial charge in [0.25, 0.3) is 5.91 Å². The molecule has 0 aliphatic carbocycles. The van der Waals surface area contributed by atoms with Crippen LogP contribution in [0.1, 0.15) is 27.7 Å². The predicted molar refractivity (Wildman–Crippen MR) is 120 cm³/mol. The molecule has 0 saturated carbocycles. The van der Waals surface area contributed by atoms with Crippen LogP contribution in [-0.2, 0) is 14.8 Å². The molecule has 0 aromatic heterocycles. The fourth-order valence-corrected chi connectivity index (χ4v) is 4.42. The maximum Gasteiger partial charge on any atom is 0.312 e. The number of amides is 1. The number of nitro groups is 1. The number of sulfonamides is 1. The summed E-state index contributed by atoms with van der Waals surface area (Å²) in [6, 6.07) is 10.2. The van der Waals surface area contributed by atoms with Crippen molar-refractivity contribution in [2.75, 3.05) is 25.0 Å². The van der Waals surface area contributed by atoms with E-state index in [1.165, 1.54) is 23.4 Å². The number of para-hydroxylation sites is 2. The summed E-state index contributed by atoms with van der Waals surface area (Å²) in [6.45, 7) is 7.47. The van der Waals surface area contributed by atoms with Gasteiger partial charge in [0, 0.05) is 19.2 Å². The lowest BCUT2D eigenvalue weighted by Gasteiger charge is -2.19. The van der Waals surface area contributed by atoms with Gasteiger partial charge >= 0.3 is 5.69 Å². The minimum Gasteiger partial charge on any atom is -0.492 e. The molecule has 0 heterocycles. The van der Waals surface area contributed by atoms with E-state index in [4.69, 9.17) is 9.47 Å². The first kappa shape index (κ1) is 25.1. The molecule has 2 aromatic rings. The van der Waals surface area contributed by atoms with Gasteiger partial charge in [0.05, 0.1) is 22.1 Å². The maximum atomic E-state index is 12.7. The molecular formula is C21H27N3O7S. The molecule has 32 heavy (non-hydrogen) atoms. The number of nitrogens with zero attached hydrogens (tertiary/aromatic N) is 2. The summed E-state index contributed by atoms with van der Waals surface area (Å²) in [5, 5.41) is 14.2. The molecule has 1 N–H and O–H groups in total. The van der Waals surface area contributed by atoms with Crippen LogP contribution in [0.25, 0.3) is 0 Å². The molecule has 0 fully saturated rings. The molecule has 11 heteroatoms. The highest BCUT2D eigenvalue weighted by Gasteiger charge is 2.28. The molecule has 0 radical (unpaired) electrons. The van der Waals surface area contributed by atoms with E-state index in [1.807, 2.05) is 6.92 Å². The zero-order valence-electron chi connectivity index (χ0n) is 18.4. The Kier molecular flexibility index (Phi) is 8.56. The van der Waals surface area contributed by atoms with Gasteiger partial charge in [0.15, 0.2) is 11.9 Å². The van der Waals surface area contributed by atoms with Crippen LogP contribution in [0.15, 0.2) is 47.4 Å². The summed E-state index contributed by atoms with van der Waals surface area (Å²) in [4.78, 5) is 23.2. The van der Waals surface area contributed by atoms with Gasteiger partial charge in [-0.05, 0) is 38.1 Å². The number of benzene rings is 2. The molecular weight excluding hydrogens is 438 g/mol. The fraction of sp³-hybridized carbons (Fsp3) is 0.381. The van der Waals surface area contributed by atoms with Crippen LogP contribution in [0, 0.1) is 10.1 Å². The van der Waals surface area contributed by atoms with E-state index in [9.17, 15) is 23.3 Å². The van der Waals surface area contributed by atoms with Crippen molar-refractivity contribution in [3.8, 4) is 11.5 Å². The Morgan fingerprint density at radius 3 is 2.38 bits per heavy atom. The van der Waals surface area contributed by atoms with Gasteiger partial charge in [-0.3, -0.25) is 14.9 Å². The van der Waals surface area contributed by atoms with Crippen molar-refractivity contribution in [1.29, 1.82) is 0 Å². The first-order valence-electron chi connectivity index (χ1n) is 10.1. The molecule has 1 amide bonds. The quantitative estimate of drug-likeness (QED) is 0.398. The van der Waals surface area contributed by atoms with Crippen molar-refractivity contribution in [1.82, 2.24) is 4.31 Å². The summed E-state index contributed by atoms with van der Waals surface area (Å²) in [5.74, 6) is -0.284. The molecule has 2 rings (SSSR count). The minimum absolute atomic E-state index is 0.214. The molecule has 2 aromatic carbocycles. The summed E-state index contributed by atoms with van der Waals surface area (Å²) in [5.41, 5.74) is -0.113. The van der Waals surface area contributed by atoms with Crippen LogP contribution >= 0.6 is 0 Å². The van der Waals surface area contributed by atoms with Crippen LogP contribution in [-0.4, -0.2) is 49.4 Å². The first-order valence-corrected chi connectivity index (χ1v) is 11.6. The van der Waals surface area contributed by atoms with Crippen molar-refractivity contribution < 1.29 is 27.6 Å². The average molecular weight is 466 g/mol. The number of nitrogens with one attached hydrogen (secondary N) is 1. The third kappa shape index (κ3) is 5.74. The molecule has 10 nitrogen and oxygen atoms in total. The van der Waals surface area contributed by atoms with E-state index in [-0.39, 0.29) is 23.7 Å². The molecule has 0 spiro atoms. The number of carbonyl (C=O) groups excluding carboxylic acids is 1. The van der Waals surface area contributed by atoms with Gasteiger partial charge in [0.2, 0.25) is 10.0 Å². The summed E-state index contributed by atoms with van der Waals surface area (Å²) in [6.07, 6.45) is -1.10. The van der Waals surface area contributed by atoms with Crippen molar-refractivity contribution in [2.24, 2.45) is 0 Å². The second kappa shape index (κ2) is 10.9. The van der Waals surface area contributed by atoms with Gasteiger partial charge in [-0.2, -0.15) is 4.31 Å². The van der Waals surface area contributed by atoms with Gasteiger partial charge in [-0.25, -0.2) is 8.42 Å². The average Bonchev–Trinajstić information content (AvgIpc) is 2.75. The van der Waals surface area contributed by atoms with Gasteiger partial charge in [-0.15, -0.1) is 0 Å². The Balaban J connectivity index is 2.27. The van der Waals surface area contributed by atoms with Crippen LogP contribution in [0.3, 0.4) is 0 Å². The largest absolute Gasteiger partial charge is 0.492 e. The highest BCUT2D eigenvalue weighted by molar-refractivity contribution is 7.89. The Morgan fingerprint density at radius 1 is 1.12 bits per heavy atom. The third-order valence-electron chi connectivity index (χ3n) is 4.59. The van der Waals surface area contributed by atoms with Crippen LogP contribution in [0.4, 0.5) is 11.4 Å². The number of hydrogen-bond donors (Lipinski definition) is 1. The van der Waals surface area contributed by atoms with E-state index in [1.54, 1.807) is 38.1 Å². The maximum absolute atomic E-state index is 12.7. The zero-order valence-corrected chi connectivity index (χ0v) is 19.2. The van der Waals surface area contributed by atoms with E-state index < -0.39 is 32.6 Å². The van der Waals surface area contributed by atoms with E-state index in [0.29, 0.717) is 18.0 Å². The number of hydrogen-bond acceptors (Lipinski definition) is 7. The summed E-state index contributed by atoms with van der Waals surface area (Å²) in [7, 11) is -3.89. The SMILES string of the molecule is CCOc1ccccc1NC(=O)C(C)Oc1ccc(S(=O)(=O)N(CC)CC)cc1[N+](=O)[O-]. The normalized spacial score (nSPS) is 12.3. The van der Waals surface area contributed by atoms with Gasteiger partial charge < -0.3 is 14.8 Å². The zero-order chi connectivity index (χ0) is 23.9. The van der Waals surface area contributed by atoms with Gasteiger partial charge in [0.1, 0.15) is 5.75 Å². The lowest BCUT2D eigenvalue weighted by atomic mass is 10.2. The smallest absolute Gasteiger partial charge is 0.312 e. The highest BCUT2D eigenvalue weighted by atomic mass is 32.2. The van der Waals surface area contributed by atoms with Crippen molar-refractivity contribution >= 4 is 27.3 Å². The van der Waals surface area contributed by atoms with E-state index >= 15 is 0 Å². The lowest BCUT2D eigenvalue weighted by molar-refractivity contribution is -0.386. The highest BCUT2D eigenvalue weighted by Crippen LogP contribution is 2.32. The number of nitro benzene ring substituents is 1. The summed E-state index contributed by atoms with van der Waals surface area (Å²) >= 11 is 0. The van der Waals surface area contributed by atoms with Crippen LogP contribution in [0.2, 0.25) is 0 Å². The lowest BCUT2D eigenvalue weighted by Crippen LogP contribution is -2.31. The van der Waals surface area contributed by atoms with Crippen molar-refractivity contribution in [3.63, 3.8) is 0 Å². The molecule has 174 valence electrons. The molecule has 1 unspecified atom stereocenters. The predicted octanol–water partition coefficient (Wildman–Crippen LogP) is 3.43. The number of rotatable bonds is 11. The minimum atomic E-state index is -3.89. The van der Waals surface area contributed by atoms with Crippen LogP contribution < -0.4 is 14.8 Å². The number of carbonyl (C=O) groups is 1. The first-order chi connectivity index (χ1) is 15.1. The Morgan fingerprint density at radius 2 is 1.78 bits per heavy atom. The third-order valence-corrected chi connectivity index (χ3v) is 6.63. The molecule has 0 saturated heterocycles. The monoisotopic (exact) mass is 465 g/mol. The van der Waals surface area contributed by atoms with Crippen LogP contribution in [0.5, 0.6) is 11.5 Å². The molecule has 0 aliphatic heterocycles. The Bertz CT molecular complexity index is 1070. The fourth-order valence-electron chi connectivity index (χ4n) is 2.94. The van der Waals surface area contributed by atoms with E-state index in [2.05, 4.69) is 5.32 Å². The standard InChI is InChI=1S/C21H27N3O7S/c1-5-23(6-2)32(28,29)16-12-13-20(18(14-16)24(26)27)31-15(4)21(25)22-17-10-8-9-11-19(17)30-7-3/h8-15H,5-7H2,1-4H3,(H,22,25). The number of ether oxygens (including phenoxy) is 2. The Labute approximate surface area is 187 Å². The molecule has 1 atom stereocenters. The molecule has 0 bridgehead atoms. The van der Waals surface area contributed by atoms with E-state index in [0.717, 1.165) is 6.07 Å².